The maximum absolute atomic E-state index is 12.0. The molecule has 15 heavy (non-hydrogen) atoms. The molecule has 0 saturated heterocycles. The quantitative estimate of drug-likeness (QED) is 0.546. The average molecular weight is 242 g/mol. The van der Waals surface area contributed by atoms with Gasteiger partial charge in [-0.2, -0.15) is 26.3 Å². The first-order valence-corrected chi connectivity index (χ1v) is 3.44. The molecule has 0 rings (SSSR count). The normalized spacial score (nSPS) is 15.1. The zero-order valence-electron chi connectivity index (χ0n) is 6.95. The molecule has 0 bridgehead atoms. The number of alkyl halides is 6. The molecule has 90 valence electrons. The van der Waals surface area contributed by atoms with Crippen LogP contribution in [0.3, 0.4) is 0 Å². The predicted octanol–water partition coefficient (Wildman–Crippen LogP) is 2.24. The summed E-state index contributed by atoms with van der Waals surface area (Å²) in [6.07, 6.45) is -9.81. The van der Waals surface area contributed by atoms with Crippen molar-refractivity contribution in [1.82, 2.24) is 0 Å². The highest BCUT2D eigenvalue weighted by Crippen LogP contribution is 2.29. The van der Waals surface area contributed by atoms with Crippen LogP contribution in [0.2, 0.25) is 0 Å². The smallest absolute Gasteiger partial charge is 0.317 e. The summed E-state index contributed by atoms with van der Waals surface area (Å²) in [7, 11) is 0. The Kier molecular flexibility index (Phi) is 4.50. The molecule has 0 radical (unpaired) electrons. The molecule has 0 aromatic carbocycles. The van der Waals surface area contributed by atoms with Crippen LogP contribution in [0.5, 0.6) is 0 Å². The Morgan fingerprint density at radius 2 is 1.67 bits per heavy atom. The van der Waals surface area contributed by atoms with Crippen LogP contribution in [0.1, 0.15) is 0 Å². The van der Waals surface area contributed by atoms with E-state index in [2.05, 4.69) is 4.74 Å². The number of carbonyl (C=O) groups excluding carboxylic acids is 1. The van der Waals surface area contributed by atoms with Crippen LogP contribution < -0.4 is 0 Å². The highest BCUT2D eigenvalue weighted by atomic mass is 19.4. The van der Waals surface area contributed by atoms with E-state index in [4.69, 9.17) is 0 Å². The molecule has 0 aliphatic carbocycles. The maximum Gasteiger partial charge on any atom is 0.403 e. The van der Waals surface area contributed by atoms with Crippen molar-refractivity contribution in [3.05, 3.63) is 0 Å². The van der Waals surface area contributed by atoms with E-state index in [1.807, 2.05) is 0 Å². The van der Waals surface area contributed by atoms with Gasteiger partial charge in [0.2, 0.25) is 0 Å². The van der Waals surface area contributed by atoms with E-state index in [-0.39, 0.29) is 0 Å². The SMILES string of the molecule is O=C(F)C(COC(F)(F)CF)C(F)(F)F. The number of ether oxygens (including phenoxy) is 1. The fourth-order valence-electron chi connectivity index (χ4n) is 0.533. The summed E-state index contributed by atoms with van der Waals surface area (Å²) in [5, 5.41) is 0. The Labute approximate surface area is 79.0 Å². The first kappa shape index (κ1) is 14.1. The summed E-state index contributed by atoms with van der Waals surface area (Å²) in [4.78, 5) is 9.79. The van der Waals surface area contributed by atoms with E-state index < -0.39 is 37.5 Å². The number of carbonyl (C=O) groups is 1. The lowest BCUT2D eigenvalue weighted by atomic mass is 10.2. The second-order valence-corrected chi connectivity index (χ2v) is 2.48. The first-order valence-electron chi connectivity index (χ1n) is 3.44. The topological polar surface area (TPSA) is 26.3 Å². The Balaban J connectivity index is 4.40. The molecule has 0 amide bonds. The van der Waals surface area contributed by atoms with E-state index in [1.54, 1.807) is 0 Å². The van der Waals surface area contributed by atoms with Gasteiger partial charge in [-0.15, -0.1) is 0 Å². The molecule has 0 heterocycles. The monoisotopic (exact) mass is 242 g/mol. The minimum atomic E-state index is -5.35. The lowest BCUT2D eigenvalue weighted by molar-refractivity contribution is -0.271. The summed E-state index contributed by atoms with van der Waals surface area (Å²) in [6.45, 7) is -4.33. The van der Waals surface area contributed by atoms with Gasteiger partial charge in [-0.25, -0.2) is 4.39 Å². The average Bonchev–Trinajstić information content (AvgIpc) is 2.01. The molecule has 9 heteroatoms. The molecule has 0 fully saturated rings. The zero-order chi connectivity index (χ0) is 12.3. The van der Waals surface area contributed by atoms with Gasteiger partial charge in [0, 0.05) is 0 Å². The van der Waals surface area contributed by atoms with Crippen LogP contribution in [0.15, 0.2) is 0 Å². The summed E-state index contributed by atoms with van der Waals surface area (Å²) in [5.41, 5.74) is 0. The van der Waals surface area contributed by atoms with Gasteiger partial charge in [0.25, 0.3) is 0 Å². The number of halogens is 7. The number of hydrogen-bond acceptors (Lipinski definition) is 2. The molecule has 0 aliphatic rings. The maximum atomic E-state index is 12.0. The molecule has 0 aliphatic heterocycles. The minimum Gasteiger partial charge on any atom is -0.317 e. The Morgan fingerprint density at radius 1 is 1.20 bits per heavy atom. The second kappa shape index (κ2) is 4.77. The van der Waals surface area contributed by atoms with E-state index >= 15 is 0 Å². The Hall–Kier alpha value is -0.860. The highest BCUT2D eigenvalue weighted by Gasteiger charge is 2.47. The van der Waals surface area contributed by atoms with Crippen molar-refractivity contribution in [3.63, 3.8) is 0 Å². The lowest BCUT2D eigenvalue weighted by Crippen LogP contribution is -2.36. The molecule has 2 nitrogen and oxygen atoms in total. The molecule has 0 aromatic heterocycles. The Morgan fingerprint density at radius 3 is 1.93 bits per heavy atom. The Bertz CT molecular complexity index is 224. The van der Waals surface area contributed by atoms with Crippen molar-refractivity contribution in [2.24, 2.45) is 5.92 Å². The van der Waals surface area contributed by atoms with Gasteiger partial charge >= 0.3 is 18.3 Å². The van der Waals surface area contributed by atoms with E-state index in [0.29, 0.717) is 0 Å². The molecular formula is C6H5F7O2. The molecule has 1 unspecified atom stereocenters. The van der Waals surface area contributed by atoms with Gasteiger partial charge < -0.3 is 4.74 Å². The van der Waals surface area contributed by atoms with Crippen molar-refractivity contribution in [2.75, 3.05) is 13.3 Å². The molecular weight excluding hydrogens is 237 g/mol. The van der Waals surface area contributed by atoms with Crippen LogP contribution in [0.25, 0.3) is 0 Å². The van der Waals surface area contributed by atoms with Crippen molar-refractivity contribution >= 4 is 6.04 Å². The third-order valence-corrected chi connectivity index (χ3v) is 1.29. The van der Waals surface area contributed by atoms with Gasteiger partial charge in [0.1, 0.15) is 0 Å². The van der Waals surface area contributed by atoms with Gasteiger partial charge in [-0.05, 0) is 0 Å². The van der Waals surface area contributed by atoms with Gasteiger partial charge in [-0.1, -0.05) is 0 Å². The summed E-state index contributed by atoms with van der Waals surface area (Å²) < 4.78 is 85.5. The number of hydrogen-bond donors (Lipinski definition) is 0. The predicted molar refractivity (Wildman–Crippen MR) is 32.5 cm³/mol. The second-order valence-electron chi connectivity index (χ2n) is 2.48. The summed E-state index contributed by atoms with van der Waals surface area (Å²) >= 11 is 0. The van der Waals surface area contributed by atoms with Crippen LogP contribution in [-0.2, 0) is 9.53 Å². The largest absolute Gasteiger partial charge is 0.403 e. The molecule has 0 spiro atoms. The van der Waals surface area contributed by atoms with Crippen molar-refractivity contribution in [1.29, 1.82) is 0 Å². The highest BCUT2D eigenvalue weighted by molar-refractivity contribution is 5.72. The third kappa shape index (κ3) is 4.96. The van der Waals surface area contributed by atoms with Crippen molar-refractivity contribution < 1.29 is 40.3 Å². The summed E-state index contributed by atoms with van der Waals surface area (Å²) in [6, 6.07) is -2.86. The van der Waals surface area contributed by atoms with Gasteiger partial charge in [0.05, 0.1) is 6.61 Å². The lowest BCUT2D eigenvalue weighted by Gasteiger charge is -2.18. The van der Waals surface area contributed by atoms with E-state index in [9.17, 15) is 35.5 Å². The fraction of sp³-hybridized carbons (Fsp3) is 0.833. The van der Waals surface area contributed by atoms with Crippen LogP contribution >= 0.6 is 0 Å². The van der Waals surface area contributed by atoms with Gasteiger partial charge in [-0.3, -0.25) is 4.79 Å². The molecule has 0 aromatic rings. The molecule has 0 saturated carbocycles. The van der Waals surface area contributed by atoms with Gasteiger partial charge in [0.15, 0.2) is 12.6 Å². The zero-order valence-corrected chi connectivity index (χ0v) is 6.95. The van der Waals surface area contributed by atoms with Crippen LogP contribution in [0.4, 0.5) is 30.7 Å². The van der Waals surface area contributed by atoms with Crippen LogP contribution in [-0.4, -0.2) is 31.6 Å². The third-order valence-electron chi connectivity index (χ3n) is 1.29. The first-order chi connectivity index (χ1) is 6.60. The molecule has 1 atom stereocenters. The van der Waals surface area contributed by atoms with E-state index in [0.717, 1.165) is 0 Å². The standard InChI is InChI=1S/C6H5F7O2/c7-2-5(9,10)15-1-3(4(8)14)6(11,12)13/h3H,1-2H2. The van der Waals surface area contributed by atoms with Crippen molar-refractivity contribution in [2.45, 2.75) is 12.3 Å². The van der Waals surface area contributed by atoms with E-state index in [1.165, 1.54) is 0 Å². The fourth-order valence-corrected chi connectivity index (χ4v) is 0.533. The van der Waals surface area contributed by atoms with Crippen LogP contribution in [0, 0.1) is 5.92 Å². The molecule has 0 N–H and O–H groups in total. The number of rotatable bonds is 5. The summed E-state index contributed by atoms with van der Waals surface area (Å²) in [5.74, 6) is -3.32. The minimum absolute atomic E-state index is 1.96. The van der Waals surface area contributed by atoms with Crippen molar-refractivity contribution in [3.8, 4) is 0 Å².